The number of aryl methyl sites for hydroxylation is 1. The van der Waals surface area contributed by atoms with Gasteiger partial charge in [-0.05, 0) is 19.8 Å². The number of carboxylic acids is 1. The summed E-state index contributed by atoms with van der Waals surface area (Å²) in [7, 11) is 1.62. The van der Waals surface area contributed by atoms with E-state index < -0.39 is 5.97 Å². The van der Waals surface area contributed by atoms with Crippen LogP contribution >= 0.6 is 0 Å². The van der Waals surface area contributed by atoms with Crippen molar-refractivity contribution in [3.8, 4) is 0 Å². The number of aromatic amines is 1. The van der Waals surface area contributed by atoms with E-state index in [9.17, 15) is 9.59 Å². The maximum absolute atomic E-state index is 12.2. The van der Waals surface area contributed by atoms with E-state index in [0.29, 0.717) is 11.6 Å². The van der Waals surface area contributed by atoms with E-state index >= 15 is 0 Å². The number of carbonyl (C=O) groups excluding carboxylic acids is 1. The van der Waals surface area contributed by atoms with Gasteiger partial charge in [0.05, 0.1) is 6.54 Å². The molecule has 0 radical (unpaired) electrons. The van der Waals surface area contributed by atoms with Gasteiger partial charge in [0.25, 0.3) is 0 Å². The van der Waals surface area contributed by atoms with Crippen molar-refractivity contribution in [3.05, 3.63) is 11.6 Å². The Labute approximate surface area is 110 Å². The first-order valence-electron chi connectivity index (χ1n) is 6.08. The molecule has 1 fully saturated rings. The molecule has 1 heterocycles. The summed E-state index contributed by atoms with van der Waals surface area (Å²) in [6.07, 6.45) is 1.74. The number of carboxylic acid groups (broad SMARTS) is 1. The Bertz CT molecular complexity index is 482. The van der Waals surface area contributed by atoms with Crippen molar-refractivity contribution in [1.82, 2.24) is 25.0 Å². The minimum absolute atomic E-state index is 0.0555. The van der Waals surface area contributed by atoms with Crippen LogP contribution in [0.15, 0.2) is 0 Å². The van der Waals surface area contributed by atoms with Gasteiger partial charge in [0, 0.05) is 13.1 Å². The third kappa shape index (κ3) is 3.43. The first kappa shape index (κ1) is 13.3. The van der Waals surface area contributed by atoms with Crippen LogP contribution < -0.4 is 0 Å². The molecule has 2 rings (SSSR count). The summed E-state index contributed by atoms with van der Waals surface area (Å²) in [6, 6.07) is -0.243. The van der Waals surface area contributed by atoms with Crippen LogP contribution in [-0.4, -0.2) is 61.7 Å². The molecule has 2 amide bonds. The second kappa shape index (κ2) is 5.25. The molecule has 1 aliphatic rings. The number of rotatable bonds is 5. The number of aromatic nitrogens is 3. The average Bonchev–Trinajstić information content (AvgIpc) is 3.09. The zero-order valence-electron chi connectivity index (χ0n) is 11.0. The molecule has 1 aliphatic carbocycles. The fourth-order valence-corrected chi connectivity index (χ4v) is 1.84. The van der Waals surface area contributed by atoms with Crippen molar-refractivity contribution in [2.75, 3.05) is 13.6 Å². The minimum atomic E-state index is -0.998. The van der Waals surface area contributed by atoms with Gasteiger partial charge in [-0.25, -0.2) is 9.78 Å². The molecule has 0 aromatic carbocycles. The van der Waals surface area contributed by atoms with E-state index in [1.807, 2.05) is 0 Å². The highest BCUT2D eigenvalue weighted by Gasteiger charge is 2.35. The van der Waals surface area contributed by atoms with Gasteiger partial charge in [-0.3, -0.25) is 9.89 Å². The lowest BCUT2D eigenvalue weighted by atomic mass is 10.4. The maximum atomic E-state index is 12.2. The number of carbonyl (C=O) groups is 2. The van der Waals surface area contributed by atoms with Crippen LogP contribution in [0.4, 0.5) is 4.79 Å². The van der Waals surface area contributed by atoms with Gasteiger partial charge in [0.2, 0.25) is 0 Å². The molecule has 8 nitrogen and oxygen atoms in total. The Balaban J connectivity index is 1.98. The molecule has 0 spiro atoms. The average molecular weight is 267 g/mol. The van der Waals surface area contributed by atoms with E-state index in [0.717, 1.165) is 12.8 Å². The Morgan fingerprint density at radius 2 is 2.16 bits per heavy atom. The summed E-state index contributed by atoms with van der Waals surface area (Å²) in [4.78, 5) is 29.9. The summed E-state index contributed by atoms with van der Waals surface area (Å²) in [5.41, 5.74) is 0. The SMILES string of the molecule is Cc1nc(CN(C)C(=O)N(CC(=O)O)C2CC2)n[nH]1. The molecule has 0 saturated heterocycles. The zero-order chi connectivity index (χ0) is 14.0. The van der Waals surface area contributed by atoms with Crippen molar-refractivity contribution in [3.63, 3.8) is 0 Å². The largest absolute Gasteiger partial charge is 0.480 e. The number of hydrogen-bond donors (Lipinski definition) is 2. The first-order valence-corrected chi connectivity index (χ1v) is 6.08. The summed E-state index contributed by atoms with van der Waals surface area (Å²) in [6.45, 7) is 1.77. The molecular formula is C11H17N5O3. The van der Waals surface area contributed by atoms with E-state index in [1.54, 1.807) is 14.0 Å². The van der Waals surface area contributed by atoms with Crippen LogP contribution in [0.3, 0.4) is 0 Å². The minimum Gasteiger partial charge on any atom is -0.480 e. The third-order valence-electron chi connectivity index (χ3n) is 2.89. The highest BCUT2D eigenvalue weighted by molar-refractivity contribution is 5.80. The van der Waals surface area contributed by atoms with E-state index in [2.05, 4.69) is 15.2 Å². The Morgan fingerprint density at radius 3 is 2.63 bits per heavy atom. The Hall–Kier alpha value is -2.12. The molecule has 2 N–H and O–H groups in total. The number of aliphatic carboxylic acids is 1. The van der Waals surface area contributed by atoms with Crippen LogP contribution in [-0.2, 0) is 11.3 Å². The van der Waals surface area contributed by atoms with Gasteiger partial charge in [-0.1, -0.05) is 0 Å². The van der Waals surface area contributed by atoms with Crippen LogP contribution in [0.2, 0.25) is 0 Å². The van der Waals surface area contributed by atoms with E-state index in [4.69, 9.17) is 5.11 Å². The first-order chi connectivity index (χ1) is 8.97. The number of urea groups is 1. The van der Waals surface area contributed by atoms with Gasteiger partial charge in [0.15, 0.2) is 5.82 Å². The van der Waals surface area contributed by atoms with Crippen molar-refractivity contribution < 1.29 is 14.7 Å². The predicted molar refractivity (Wildman–Crippen MR) is 65.3 cm³/mol. The molecule has 0 bridgehead atoms. The van der Waals surface area contributed by atoms with Crippen molar-refractivity contribution in [2.45, 2.75) is 32.4 Å². The highest BCUT2D eigenvalue weighted by Crippen LogP contribution is 2.27. The lowest BCUT2D eigenvalue weighted by Gasteiger charge is -2.26. The Morgan fingerprint density at radius 1 is 1.47 bits per heavy atom. The van der Waals surface area contributed by atoms with E-state index in [-0.39, 0.29) is 25.2 Å². The van der Waals surface area contributed by atoms with Crippen LogP contribution in [0.5, 0.6) is 0 Å². The van der Waals surface area contributed by atoms with Crippen LogP contribution in [0, 0.1) is 6.92 Å². The topological polar surface area (TPSA) is 102 Å². The Kier molecular flexibility index (Phi) is 3.68. The standard InChI is InChI=1S/C11H17N5O3/c1-7-12-9(14-13-7)5-15(2)11(19)16(6-10(17)18)8-3-4-8/h8H,3-6H2,1-2H3,(H,17,18)(H,12,13,14). The number of amides is 2. The van der Waals surface area contributed by atoms with Gasteiger partial charge >= 0.3 is 12.0 Å². The van der Waals surface area contributed by atoms with Crippen LogP contribution in [0.1, 0.15) is 24.5 Å². The number of H-pyrrole nitrogens is 1. The summed E-state index contributed by atoms with van der Waals surface area (Å²) < 4.78 is 0. The lowest BCUT2D eigenvalue weighted by molar-refractivity contribution is -0.137. The van der Waals surface area contributed by atoms with Crippen molar-refractivity contribution in [1.29, 1.82) is 0 Å². The molecule has 0 unspecified atom stereocenters. The summed E-state index contributed by atoms with van der Waals surface area (Å²) in [5, 5.41) is 15.5. The van der Waals surface area contributed by atoms with E-state index in [1.165, 1.54) is 9.80 Å². The maximum Gasteiger partial charge on any atom is 0.323 e. The second-order valence-corrected chi connectivity index (χ2v) is 4.73. The number of hydrogen-bond acceptors (Lipinski definition) is 4. The lowest BCUT2D eigenvalue weighted by Crippen LogP contribution is -2.44. The number of nitrogens with zero attached hydrogens (tertiary/aromatic N) is 4. The van der Waals surface area contributed by atoms with Crippen LogP contribution in [0.25, 0.3) is 0 Å². The fourth-order valence-electron chi connectivity index (χ4n) is 1.84. The molecule has 104 valence electrons. The zero-order valence-corrected chi connectivity index (χ0v) is 11.0. The second-order valence-electron chi connectivity index (χ2n) is 4.73. The summed E-state index contributed by atoms with van der Waals surface area (Å²) in [5.74, 6) is 0.197. The molecule has 0 aliphatic heterocycles. The highest BCUT2D eigenvalue weighted by atomic mass is 16.4. The molecule has 19 heavy (non-hydrogen) atoms. The van der Waals surface area contributed by atoms with Gasteiger partial charge < -0.3 is 14.9 Å². The number of nitrogens with one attached hydrogen (secondary N) is 1. The van der Waals surface area contributed by atoms with Gasteiger partial charge in [-0.15, -0.1) is 0 Å². The summed E-state index contributed by atoms with van der Waals surface area (Å²) >= 11 is 0. The normalized spacial score (nSPS) is 14.2. The smallest absolute Gasteiger partial charge is 0.323 e. The van der Waals surface area contributed by atoms with Gasteiger partial charge in [-0.2, -0.15) is 5.10 Å². The molecular weight excluding hydrogens is 250 g/mol. The quantitative estimate of drug-likeness (QED) is 0.794. The molecule has 1 aromatic rings. The van der Waals surface area contributed by atoms with Crippen molar-refractivity contribution >= 4 is 12.0 Å². The monoisotopic (exact) mass is 267 g/mol. The van der Waals surface area contributed by atoms with Crippen molar-refractivity contribution in [2.24, 2.45) is 0 Å². The fraction of sp³-hybridized carbons (Fsp3) is 0.636. The molecule has 0 atom stereocenters. The third-order valence-corrected chi connectivity index (χ3v) is 2.89. The molecule has 1 saturated carbocycles. The molecule has 1 aromatic heterocycles. The van der Waals surface area contributed by atoms with Gasteiger partial charge in [0.1, 0.15) is 12.4 Å². The predicted octanol–water partition coefficient (Wildman–Crippen LogP) is 0.214. The molecule has 8 heteroatoms.